The third-order valence-corrected chi connectivity index (χ3v) is 3.05. The van der Waals surface area contributed by atoms with Gasteiger partial charge in [-0.1, -0.05) is 6.07 Å². The maximum absolute atomic E-state index is 8.87. The van der Waals surface area contributed by atoms with E-state index in [4.69, 9.17) is 10.00 Å². The van der Waals surface area contributed by atoms with E-state index in [1.165, 1.54) is 0 Å². The van der Waals surface area contributed by atoms with Crippen LogP contribution in [0.3, 0.4) is 0 Å². The van der Waals surface area contributed by atoms with Crippen molar-refractivity contribution in [1.29, 1.82) is 5.26 Å². The number of ether oxygens (including phenoxy) is 1. The zero-order valence-corrected chi connectivity index (χ0v) is 9.52. The molecule has 0 aromatic heterocycles. The Labute approximate surface area is 96.2 Å². The first kappa shape index (κ1) is 11.0. The number of hydrogen-bond donors (Lipinski definition) is 0. The minimum Gasteiger partial charge on any atom is -0.380 e. The van der Waals surface area contributed by atoms with E-state index >= 15 is 0 Å². The third-order valence-electron chi connectivity index (χ3n) is 3.05. The van der Waals surface area contributed by atoms with E-state index in [0.29, 0.717) is 6.10 Å². The number of hydrogen-bond acceptors (Lipinski definition) is 3. The predicted molar refractivity (Wildman–Crippen MR) is 63.4 cm³/mol. The van der Waals surface area contributed by atoms with Crippen molar-refractivity contribution in [2.75, 3.05) is 25.1 Å². The van der Waals surface area contributed by atoms with Crippen LogP contribution in [0, 0.1) is 11.3 Å². The van der Waals surface area contributed by atoms with Gasteiger partial charge in [0.2, 0.25) is 0 Å². The van der Waals surface area contributed by atoms with Crippen molar-refractivity contribution in [3.8, 4) is 6.07 Å². The van der Waals surface area contributed by atoms with Crippen LogP contribution in [0.1, 0.15) is 18.4 Å². The minimum atomic E-state index is 0.319. The fourth-order valence-corrected chi connectivity index (χ4v) is 2.14. The van der Waals surface area contributed by atoms with E-state index in [1.807, 2.05) is 18.2 Å². The van der Waals surface area contributed by atoms with E-state index in [2.05, 4.69) is 17.0 Å². The fourth-order valence-electron chi connectivity index (χ4n) is 2.14. The summed E-state index contributed by atoms with van der Waals surface area (Å²) < 4.78 is 5.39. The summed E-state index contributed by atoms with van der Waals surface area (Å²) in [6, 6.07) is 9.94. The summed E-state index contributed by atoms with van der Waals surface area (Å²) in [6.07, 6.45) is 2.60. The third kappa shape index (κ3) is 2.34. The van der Waals surface area contributed by atoms with Crippen LogP contribution in [0.4, 0.5) is 5.69 Å². The van der Waals surface area contributed by atoms with Crippen LogP contribution < -0.4 is 4.90 Å². The topological polar surface area (TPSA) is 36.3 Å². The number of nitriles is 1. The molecule has 1 aliphatic heterocycles. The van der Waals surface area contributed by atoms with Crippen LogP contribution in [0.2, 0.25) is 0 Å². The Balaban J connectivity index is 2.14. The standard InChI is InChI=1S/C13H16N2O/c1-16-13-6-3-7-15(10-13)12-5-2-4-11(8-12)9-14/h2,4-5,8,13H,3,6-7,10H2,1H3. The monoisotopic (exact) mass is 216 g/mol. The van der Waals surface area contributed by atoms with Gasteiger partial charge in [0.05, 0.1) is 17.7 Å². The van der Waals surface area contributed by atoms with Crippen molar-refractivity contribution in [3.63, 3.8) is 0 Å². The van der Waals surface area contributed by atoms with Gasteiger partial charge in [-0.25, -0.2) is 0 Å². The molecule has 1 aliphatic rings. The maximum Gasteiger partial charge on any atom is 0.0992 e. The maximum atomic E-state index is 8.87. The van der Waals surface area contributed by atoms with Gasteiger partial charge >= 0.3 is 0 Å². The van der Waals surface area contributed by atoms with Gasteiger partial charge in [0.1, 0.15) is 0 Å². The highest BCUT2D eigenvalue weighted by Crippen LogP contribution is 2.21. The molecule has 0 saturated carbocycles. The lowest BCUT2D eigenvalue weighted by Crippen LogP contribution is -2.39. The molecule has 0 amide bonds. The zero-order chi connectivity index (χ0) is 11.4. The highest BCUT2D eigenvalue weighted by atomic mass is 16.5. The lowest BCUT2D eigenvalue weighted by atomic mass is 10.1. The molecular weight excluding hydrogens is 200 g/mol. The summed E-state index contributed by atoms with van der Waals surface area (Å²) in [5, 5.41) is 8.87. The fraction of sp³-hybridized carbons (Fsp3) is 0.462. The highest BCUT2D eigenvalue weighted by Gasteiger charge is 2.19. The van der Waals surface area contributed by atoms with E-state index < -0.39 is 0 Å². The Bertz CT molecular complexity index is 397. The Morgan fingerprint density at radius 2 is 2.38 bits per heavy atom. The molecule has 3 nitrogen and oxygen atoms in total. The first-order valence-corrected chi connectivity index (χ1v) is 5.61. The second kappa shape index (κ2) is 5.00. The van der Waals surface area contributed by atoms with Gasteiger partial charge in [0, 0.05) is 25.9 Å². The van der Waals surface area contributed by atoms with E-state index in [1.54, 1.807) is 7.11 Å². The molecule has 3 heteroatoms. The van der Waals surface area contributed by atoms with Crippen molar-refractivity contribution in [3.05, 3.63) is 29.8 Å². The number of nitrogens with zero attached hydrogens (tertiary/aromatic N) is 2. The largest absolute Gasteiger partial charge is 0.380 e. The van der Waals surface area contributed by atoms with Crippen molar-refractivity contribution in [1.82, 2.24) is 0 Å². The first-order chi connectivity index (χ1) is 7.83. The Morgan fingerprint density at radius 1 is 1.50 bits per heavy atom. The van der Waals surface area contributed by atoms with E-state index in [9.17, 15) is 0 Å². The summed E-state index contributed by atoms with van der Waals surface area (Å²) in [7, 11) is 1.76. The summed E-state index contributed by atoms with van der Waals surface area (Å²) in [6.45, 7) is 1.97. The quantitative estimate of drug-likeness (QED) is 0.760. The number of benzene rings is 1. The number of anilines is 1. The summed E-state index contributed by atoms with van der Waals surface area (Å²) >= 11 is 0. The second-order valence-corrected chi connectivity index (χ2v) is 4.11. The normalized spacial score (nSPS) is 20.5. The van der Waals surface area contributed by atoms with Gasteiger partial charge in [0.15, 0.2) is 0 Å². The SMILES string of the molecule is COC1CCCN(c2cccc(C#N)c2)C1. The molecule has 1 heterocycles. The van der Waals surface area contributed by atoms with Crippen LogP contribution >= 0.6 is 0 Å². The molecule has 1 aromatic carbocycles. The Morgan fingerprint density at radius 3 is 3.12 bits per heavy atom. The van der Waals surface area contributed by atoms with Gasteiger partial charge in [-0.2, -0.15) is 5.26 Å². The molecule has 1 atom stereocenters. The van der Waals surface area contributed by atoms with Crippen LogP contribution in [0.15, 0.2) is 24.3 Å². The van der Waals surface area contributed by atoms with Crippen molar-refractivity contribution in [2.45, 2.75) is 18.9 Å². The molecule has 1 saturated heterocycles. The number of rotatable bonds is 2. The van der Waals surface area contributed by atoms with Crippen molar-refractivity contribution in [2.24, 2.45) is 0 Å². The van der Waals surface area contributed by atoms with Crippen LogP contribution in [-0.4, -0.2) is 26.3 Å². The Hall–Kier alpha value is -1.53. The molecule has 1 unspecified atom stereocenters. The lowest BCUT2D eigenvalue weighted by molar-refractivity contribution is 0.0893. The average molecular weight is 216 g/mol. The van der Waals surface area contributed by atoms with E-state index in [0.717, 1.165) is 37.2 Å². The Kier molecular flexibility index (Phi) is 3.43. The van der Waals surface area contributed by atoms with E-state index in [-0.39, 0.29) is 0 Å². The van der Waals surface area contributed by atoms with Crippen molar-refractivity contribution >= 4 is 5.69 Å². The molecule has 2 rings (SSSR count). The number of methoxy groups -OCH3 is 1. The van der Waals surface area contributed by atoms with Crippen LogP contribution in [0.5, 0.6) is 0 Å². The molecular formula is C13H16N2O. The van der Waals surface area contributed by atoms with Crippen molar-refractivity contribution < 1.29 is 4.74 Å². The molecule has 1 aromatic rings. The molecule has 0 aliphatic carbocycles. The molecule has 0 N–H and O–H groups in total. The molecule has 1 fully saturated rings. The minimum absolute atomic E-state index is 0.319. The van der Waals surface area contributed by atoms with Crippen LogP contribution in [0.25, 0.3) is 0 Å². The second-order valence-electron chi connectivity index (χ2n) is 4.11. The molecule has 0 radical (unpaired) electrons. The van der Waals surface area contributed by atoms with Gasteiger partial charge in [-0.05, 0) is 31.0 Å². The van der Waals surface area contributed by atoms with Gasteiger partial charge < -0.3 is 9.64 Å². The molecule has 0 bridgehead atoms. The smallest absolute Gasteiger partial charge is 0.0992 e. The zero-order valence-electron chi connectivity index (χ0n) is 9.52. The van der Waals surface area contributed by atoms with Gasteiger partial charge in [0.25, 0.3) is 0 Å². The van der Waals surface area contributed by atoms with Crippen LogP contribution in [-0.2, 0) is 4.74 Å². The summed E-state index contributed by atoms with van der Waals surface area (Å²) in [5.41, 5.74) is 1.85. The first-order valence-electron chi connectivity index (χ1n) is 5.61. The van der Waals surface area contributed by atoms with Gasteiger partial charge in [-0.3, -0.25) is 0 Å². The predicted octanol–water partition coefficient (Wildman–Crippen LogP) is 2.17. The molecule has 84 valence electrons. The highest BCUT2D eigenvalue weighted by molar-refractivity contribution is 5.51. The van der Waals surface area contributed by atoms with Gasteiger partial charge in [-0.15, -0.1) is 0 Å². The summed E-state index contributed by atoms with van der Waals surface area (Å²) in [4.78, 5) is 2.29. The average Bonchev–Trinajstić information content (AvgIpc) is 2.39. The molecule has 16 heavy (non-hydrogen) atoms. The molecule has 0 spiro atoms. The number of piperidine rings is 1. The lowest BCUT2D eigenvalue weighted by Gasteiger charge is -2.33. The summed E-state index contributed by atoms with van der Waals surface area (Å²) in [5.74, 6) is 0.